The van der Waals surface area contributed by atoms with Gasteiger partial charge in [-0.15, -0.1) is 0 Å². The summed E-state index contributed by atoms with van der Waals surface area (Å²) >= 11 is 0. The number of carbonyl (C=O) groups excluding carboxylic acids is 1. The number of piperazine rings is 1. The first kappa shape index (κ1) is 18.3. The van der Waals surface area contributed by atoms with Crippen LogP contribution in [-0.2, 0) is 0 Å². The van der Waals surface area contributed by atoms with E-state index in [-0.39, 0.29) is 5.91 Å². The van der Waals surface area contributed by atoms with Crippen LogP contribution in [0.15, 0.2) is 65.4 Å². The van der Waals surface area contributed by atoms with Gasteiger partial charge in [0.2, 0.25) is 0 Å². The Labute approximate surface area is 173 Å². The van der Waals surface area contributed by atoms with Crippen LogP contribution < -0.4 is 4.90 Å². The highest BCUT2D eigenvalue weighted by molar-refractivity contribution is 6.07. The average molecular weight is 399 g/mol. The number of amides is 1. The Morgan fingerprint density at radius 3 is 2.47 bits per heavy atom. The van der Waals surface area contributed by atoms with Crippen LogP contribution in [0.1, 0.15) is 16.1 Å². The van der Waals surface area contributed by atoms with Gasteiger partial charge in [0, 0.05) is 49.8 Å². The molecular weight excluding hydrogens is 378 g/mol. The van der Waals surface area contributed by atoms with E-state index in [9.17, 15) is 4.79 Å². The van der Waals surface area contributed by atoms with Gasteiger partial charge < -0.3 is 14.3 Å². The van der Waals surface area contributed by atoms with Crippen LogP contribution in [0, 0.1) is 6.92 Å². The monoisotopic (exact) mass is 399 g/mol. The third-order valence-corrected chi connectivity index (χ3v) is 5.51. The van der Waals surface area contributed by atoms with Crippen LogP contribution >= 0.6 is 0 Å². The number of hydrogen-bond acceptors (Lipinski definition) is 6. The van der Waals surface area contributed by atoms with E-state index in [0.717, 1.165) is 24.3 Å². The lowest BCUT2D eigenvalue weighted by atomic mass is 10.0. The Bertz CT molecular complexity index is 1180. The predicted octanol–water partition coefficient (Wildman–Crippen LogP) is 3.56. The summed E-state index contributed by atoms with van der Waals surface area (Å²) in [5.41, 5.74) is 4.44. The largest absolute Gasteiger partial charge is 0.368 e. The second kappa shape index (κ2) is 7.59. The van der Waals surface area contributed by atoms with E-state index in [2.05, 4.69) is 20.0 Å². The van der Waals surface area contributed by atoms with Crippen molar-refractivity contribution in [2.75, 3.05) is 31.1 Å². The Kier molecular flexibility index (Phi) is 4.63. The van der Waals surface area contributed by atoms with Crippen molar-refractivity contribution < 1.29 is 9.32 Å². The highest BCUT2D eigenvalue weighted by Crippen LogP contribution is 2.28. The molecular formula is C23H21N5O2. The van der Waals surface area contributed by atoms with Gasteiger partial charge in [-0.1, -0.05) is 35.5 Å². The van der Waals surface area contributed by atoms with Crippen LogP contribution in [0.3, 0.4) is 0 Å². The van der Waals surface area contributed by atoms with Crippen LogP contribution in [0.25, 0.3) is 22.4 Å². The molecule has 5 rings (SSSR count). The van der Waals surface area contributed by atoms with Crippen LogP contribution in [0.4, 0.5) is 5.69 Å². The van der Waals surface area contributed by atoms with E-state index in [1.165, 1.54) is 0 Å². The Balaban J connectivity index is 1.45. The highest BCUT2D eigenvalue weighted by Gasteiger charge is 2.26. The standard InChI is InChI=1S/C23H21N5O2/c1-16-21-19(15-20(25-22(21)30-26-16)17-5-3-2-4-6-17)23(29)28-13-11-27(12-14-28)18-7-9-24-10-8-18/h2-10,15H,11-14H2,1H3. The van der Waals surface area contributed by atoms with Crippen molar-refractivity contribution in [2.45, 2.75) is 6.92 Å². The molecule has 3 aromatic heterocycles. The lowest BCUT2D eigenvalue weighted by Gasteiger charge is -2.36. The molecule has 7 nitrogen and oxygen atoms in total. The number of carbonyl (C=O) groups is 1. The summed E-state index contributed by atoms with van der Waals surface area (Å²) in [6, 6.07) is 15.7. The van der Waals surface area contributed by atoms with Crippen molar-refractivity contribution >= 4 is 22.7 Å². The van der Waals surface area contributed by atoms with Crippen molar-refractivity contribution in [2.24, 2.45) is 0 Å². The van der Waals surface area contributed by atoms with Gasteiger partial charge in [0.1, 0.15) is 0 Å². The van der Waals surface area contributed by atoms with Gasteiger partial charge in [0.15, 0.2) is 0 Å². The fourth-order valence-corrected chi connectivity index (χ4v) is 3.91. The lowest BCUT2D eigenvalue weighted by molar-refractivity contribution is 0.0748. The third kappa shape index (κ3) is 3.28. The number of fused-ring (bicyclic) bond motifs is 1. The molecule has 0 N–H and O–H groups in total. The number of nitrogens with zero attached hydrogens (tertiary/aromatic N) is 5. The fourth-order valence-electron chi connectivity index (χ4n) is 3.91. The summed E-state index contributed by atoms with van der Waals surface area (Å²) in [4.78, 5) is 26.3. The van der Waals surface area contributed by atoms with E-state index < -0.39 is 0 Å². The van der Waals surface area contributed by atoms with E-state index in [0.29, 0.717) is 41.1 Å². The quantitative estimate of drug-likeness (QED) is 0.524. The van der Waals surface area contributed by atoms with Crippen molar-refractivity contribution in [1.29, 1.82) is 0 Å². The zero-order valence-electron chi connectivity index (χ0n) is 16.7. The molecule has 0 saturated carbocycles. The summed E-state index contributed by atoms with van der Waals surface area (Å²) < 4.78 is 5.42. The average Bonchev–Trinajstić information content (AvgIpc) is 3.20. The molecule has 0 bridgehead atoms. The topological polar surface area (TPSA) is 75.4 Å². The zero-order chi connectivity index (χ0) is 20.5. The molecule has 150 valence electrons. The third-order valence-electron chi connectivity index (χ3n) is 5.51. The molecule has 0 atom stereocenters. The molecule has 4 aromatic rings. The molecule has 0 unspecified atom stereocenters. The number of aromatic nitrogens is 3. The molecule has 1 aromatic carbocycles. The summed E-state index contributed by atoms with van der Waals surface area (Å²) in [5, 5.41) is 4.74. The Morgan fingerprint density at radius 1 is 1.00 bits per heavy atom. The van der Waals surface area contributed by atoms with Gasteiger partial charge in [-0.3, -0.25) is 9.78 Å². The second-order valence-electron chi connectivity index (χ2n) is 7.35. The van der Waals surface area contributed by atoms with Gasteiger partial charge in [-0.05, 0) is 25.1 Å². The maximum absolute atomic E-state index is 13.5. The maximum atomic E-state index is 13.5. The van der Waals surface area contributed by atoms with Crippen LogP contribution in [0.2, 0.25) is 0 Å². The molecule has 7 heteroatoms. The molecule has 1 fully saturated rings. The number of anilines is 1. The molecule has 1 aliphatic heterocycles. The number of hydrogen-bond donors (Lipinski definition) is 0. The summed E-state index contributed by atoms with van der Waals surface area (Å²) in [6.07, 6.45) is 3.58. The van der Waals surface area contributed by atoms with Gasteiger partial charge in [-0.2, -0.15) is 0 Å². The SMILES string of the molecule is Cc1noc2nc(-c3ccccc3)cc(C(=O)N3CCN(c4ccncc4)CC3)c12. The smallest absolute Gasteiger partial charge is 0.259 e. The number of benzene rings is 1. The molecule has 0 spiro atoms. The fraction of sp³-hybridized carbons (Fsp3) is 0.217. The number of rotatable bonds is 3. The molecule has 1 aliphatic rings. The van der Waals surface area contributed by atoms with Crippen LogP contribution in [-0.4, -0.2) is 52.1 Å². The van der Waals surface area contributed by atoms with E-state index in [1.54, 1.807) is 12.4 Å². The minimum Gasteiger partial charge on any atom is -0.368 e. The molecule has 4 heterocycles. The van der Waals surface area contributed by atoms with E-state index >= 15 is 0 Å². The van der Waals surface area contributed by atoms with Crippen LogP contribution in [0.5, 0.6) is 0 Å². The summed E-state index contributed by atoms with van der Waals surface area (Å²) in [5.74, 6) is -0.0136. The number of pyridine rings is 2. The van der Waals surface area contributed by atoms with Crippen molar-refractivity contribution in [1.82, 2.24) is 20.0 Å². The zero-order valence-corrected chi connectivity index (χ0v) is 16.7. The summed E-state index contributed by atoms with van der Waals surface area (Å²) in [7, 11) is 0. The van der Waals surface area contributed by atoms with E-state index in [1.807, 2.05) is 60.4 Å². The number of aryl methyl sites for hydroxylation is 1. The Morgan fingerprint density at radius 2 is 1.73 bits per heavy atom. The van der Waals surface area contributed by atoms with E-state index in [4.69, 9.17) is 4.52 Å². The second-order valence-corrected chi connectivity index (χ2v) is 7.35. The molecule has 30 heavy (non-hydrogen) atoms. The first-order chi connectivity index (χ1) is 14.7. The van der Waals surface area contributed by atoms with Gasteiger partial charge in [0.05, 0.1) is 22.3 Å². The first-order valence-corrected chi connectivity index (χ1v) is 9.97. The highest BCUT2D eigenvalue weighted by atomic mass is 16.5. The van der Waals surface area contributed by atoms with Gasteiger partial charge in [-0.25, -0.2) is 4.98 Å². The normalized spacial score (nSPS) is 14.3. The predicted molar refractivity (Wildman–Crippen MR) is 114 cm³/mol. The molecule has 0 radical (unpaired) electrons. The van der Waals surface area contributed by atoms with Gasteiger partial charge in [0.25, 0.3) is 11.6 Å². The maximum Gasteiger partial charge on any atom is 0.259 e. The minimum absolute atomic E-state index is 0.0136. The summed E-state index contributed by atoms with van der Waals surface area (Å²) in [6.45, 7) is 4.69. The minimum atomic E-state index is -0.0136. The molecule has 0 aliphatic carbocycles. The molecule has 1 amide bonds. The van der Waals surface area contributed by atoms with Crippen molar-refractivity contribution in [3.63, 3.8) is 0 Å². The van der Waals surface area contributed by atoms with Gasteiger partial charge >= 0.3 is 0 Å². The Hall–Kier alpha value is -3.74. The lowest BCUT2D eigenvalue weighted by Crippen LogP contribution is -2.48. The van der Waals surface area contributed by atoms with Crippen molar-refractivity contribution in [3.8, 4) is 11.3 Å². The molecule has 1 saturated heterocycles. The van der Waals surface area contributed by atoms with Crippen molar-refractivity contribution in [3.05, 3.63) is 72.2 Å². The first-order valence-electron chi connectivity index (χ1n) is 9.97.